The van der Waals surface area contributed by atoms with E-state index in [-0.39, 0.29) is 18.6 Å². The van der Waals surface area contributed by atoms with E-state index in [0.717, 1.165) is 24.2 Å². The molecule has 110 valence electrons. The van der Waals surface area contributed by atoms with Crippen molar-refractivity contribution in [2.75, 3.05) is 13.7 Å². The third-order valence-electron chi connectivity index (χ3n) is 3.43. The predicted molar refractivity (Wildman–Crippen MR) is 77.6 cm³/mol. The summed E-state index contributed by atoms with van der Waals surface area (Å²) in [5, 5.41) is 0. The molecule has 1 saturated carbocycles. The van der Waals surface area contributed by atoms with Crippen LogP contribution in [0.5, 0.6) is 5.75 Å². The summed E-state index contributed by atoms with van der Waals surface area (Å²) >= 11 is 0. The predicted octanol–water partition coefficient (Wildman–Crippen LogP) is 1.28. The molecular formula is C15H23N3O2. The van der Waals surface area contributed by atoms with Crippen molar-refractivity contribution in [1.82, 2.24) is 9.88 Å². The number of hydrogen-bond donors (Lipinski definition) is 1. The first kappa shape index (κ1) is 14.8. The van der Waals surface area contributed by atoms with Crippen molar-refractivity contribution in [2.24, 2.45) is 5.73 Å². The quantitative estimate of drug-likeness (QED) is 0.850. The molecule has 0 bridgehead atoms. The number of rotatable bonds is 6. The molecule has 1 atom stereocenters. The van der Waals surface area contributed by atoms with E-state index in [1.165, 1.54) is 0 Å². The van der Waals surface area contributed by atoms with Crippen LogP contribution in [0.1, 0.15) is 31.2 Å². The van der Waals surface area contributed by atoms with Gasteiger partial charge in [0.2, 0.25) is 0 Å². The molecule has 5 heteroatoms. The standard InChI is InChI=1S/C15H23N3O2/c1-10(16)8-13-14(7-4-11(2)17-13)20-9-15(19)18(3)12-5-6-12/h4,7,10,12H,5-6,8-9,16H2,1-3H3. The molecule has 1 aliphatic carbocycles. The van der Waals surface area contributed by atoms with Gasteiger partial charge in [0.05, 0.1) is 5.69 Å². The highest BCUT2D eigenvalue weighted by atomic mass is 16.5. The summed E-state index contributed by atoms with van der Waals surface area (Å²) in [7, 11) is 1.83. The topological polar surface area (TPSA) is 68.5 Å². The lowest BCUT2D eigenvalue weighted by Crippen LogP contribution is -2.33. The summed E-state index contributed by atoms with van der Waals surface area (Å²) in [6.07, 6.45) is 2.85. The number of ether oxygens (including phenoxy) is 1. The fourth-order valence-corrected chi connectivity index (χ4v) is 2.09. The van der Waals surface area contributed by atoms with Crippen LogP contribution in [-0.4, -0.2) is 41.5 Å². The number of carbonyl (C=O) groups is 1. The molecule has 0 aliphatic heterocycles. The van der Waals surface area contributed by atoms with Crippen molar-refractivity contribution < 1.29 is 9.53 Å². The third-order valence-corrected chi connectivity index (χ3v) is 3.43. The highest BCUT2D eigenvalue weighted by Gasteiger charge is 2.29. The van der Waals surface area contributed by atoms with E-state index in [1.54, 1.807) is 4.90 Å². The maximum Gasteiger partial charge on any atom is 0.260 e. The van der Waals surface area contributed by atoms with Gasteiger partial charge in [0.15, 0.2) is 6.61 Å². The normalized spacial score (nSPS) is 15.8. The van der Waals surface area contributed by atoms with E-state index in [1.807, 2.05) is 33.0 Å². The Morgan fingerprint density at radius 3 is 2.85 bits per heavy atom. The molecule has 0 radical (unpaired) electrons. The first-order valence-electron chi connectivity index (χ1n) is 7.08. The molecule has 20 heavy (non-hydrogen) atoms. The number of carbonyl (C=O) groups excluding carboxylic acids is 1. The van der Waals surface area contributed by atoms with Crippen molar-refractivity contribution >= 4 is 5.91 Å². The second-order valence-corrected chi connectivity index (χ2v) is 5.60. The fourth-order valence-electron chi connectivity index (χ4n) is 2.09. The molecule has 5 nitrogen and oxygen atoms in total. The summed E-state index contributed by atoms with van der Waals surface area (Å²) in [4.78, 5) is 18.2. The molecule has 1 aromatic rings. The minimum Gasteiger partial charge on any atom is -0.482 e. The van der Waals surface area contributed by atoms with Crippen LogP contribution in [-0.2, 0) is 11.2 Å². The molecule has 1 fully saturated rings. The minimum atomic E-state index is 0.0106. The molecule has 1 amide bonds. The Morgan fingerprint density at radius 1 is 1.55 bits per heavy atom. The van der Waals surface area contributed by atoms with Crippen LogP contribution in [0.25, 0.3) is 0 Å². The van der Waals surface area contributed by atoms with E-state index in [4.69, 9.17) is 10.5 Å². The SMILES string of the molecule is Cc1ccc(OCC(=O)N(C)C2CC2)c(CC(C)N)n1. The Morgan fingerprint density at radius 2 is 2.25 bits per heavy atom. The van der Waals surface area contributed by atoms with E-state index in [2.05, 4.69) is 4.98 Å². The number of nitrogens with zero attached hydrogens (tertiary/aromatic N) is 2. The largest absolute Gasteiger partial charge is 0.482 e. The van der Waals surface area contributed by atoms with Crippen LogP contribution in [0, 0.1) is 6.92 Å². The van der Waals surface area contributed by atoms with Crippen molar-refractivity contribution in [1.29, 1.82) is 0 Å². The van der Waals surface area contributed by atoms with Gasteiger partial charge in [0.25, 0.3) is 5.91 Å². The van der Waals surface area contributed by atoms with Crippen LogP contribution < -0.4 is 10.5 Å². The van der Waals surface area contributed by atoms with Crippen molar-refractivity contribution in [3.05, 3.63) is 23.5 Å². The van der Waals surface area contributed by atoms with Gasteiger partial charge in [-0.1, -0.05) is 0 Å². The maximum atomic E-state index is 12.0. The average molecular weight is 277 g/mol. The van der Waals surface area contributed by atoms with Crippen molar-refractivity contribution in [2.45, 2.75) is 45.2 Å². The van der Waals surface area contributed by atoms with E-state index < -0.39 is 0 Å². The Balaban J connectivity index is 1.99. The van der Waals surface area contributed by atoms with Crippen LogP contribution in [0.4, 0.5) is 0 Å². The second kappa shape index (κ2) is 6.22. The van der Waals surface area contributed by atoms with Crippen LogP contribution in [0.15, 0.2) is 12.1 Å². The zero-order chi connectivity index (χ0) is 14.7. The summed E-state index contributed by atoms with van der Waals surface area (Å²) in [5.41, 5.74) is 7.57. The van der Waals surface area contributed by atoms with Gasteiger partial charge in [-0.05, 0) is 38.8 Å². The van der Waals surface area contributed by atoms with Crippen molar-refractivity contribution in [3.63, 3.8) is 0 Å². The summed E-state index contributed by atoms with van der Waals surface area (Å²) in [6, 6.07) is 4.17. The lowest BCUT2D eigenvalue weighted by molar-refractivity contribution is -0.132. The smallest absolute Gasteiger partial charge is 0.260 e. The number of hydrogen-bond acceptors (Lipinski definition) is 4. The first-order chi connectivity index (χ1) is 9.47. The summed E-state index contributed by atoms with van der Waals surface area (Å²) < 4.78 is 5.64. The maximum absolute atomic E-state index is 12.0. The van der Waals surface area contributed by atoms with Crippen LogP contribution >= 0.6 is 0 Å². The zero-order valence-corrected chi connectivity index (χ0v) is 12.4. The molecule has 1 heterocycles. The Kier molecular flexibility index (Phi) is 4.60. The lowest BCUT2D eigenvalue weighted by atomic mass is 10.1. The molecule has 1 aliphatic rings. The van der Waals surface area contributed by atoms with E-state index in [0.29, 0.717) is 18.2 Å². The van der Waals surface area contributed by atoms with Gasteiger partial charge in [0.1, 0.15) is 5.75 Å². The molecule has 2 rings (SSSR count). The molecule has 1 unspecified atom stereocenters. The number of aromatic nitrogens is 1. The second-order valence-electron chi connectivity index (χ2n) is 5.60. The Labute approximate surface area is 120 Å². The summed E-state index contributed by atoms with van der Waals surface area (Å²) in [6.45, 7) is 3.92. The van der Waals surface area contributed by atoms with Gasteiger partial charge in [-0.15, -0.1) is 0 Å². The molecule has 1 aromatic heterocycles. The molecule has 0 spiro atoms. The Bertz CT molecular complexity index is 484. The highest BCUT2D eigenvalue weighted by Crippen LogP contribution is 2.25. The third kappa shape index (κ3) is 3.93. The molecule has 0 aromatic carbocycles. The number of aryl methyl sites for hydroxylation is 1. The van der Waals surface area contributed by atoms with Crippen LogP contribution in [0.2, 0.25) is 0 Å². The van der Waals surface area contributed by atoms with Gasteiger partial charge >= 0.3 is 0 Å². The Hall–Kier alpha value is -1.62. The molecule has 0 saturated heterocycles. The number of likely N-dealkylation sites (N-methyl/N-ethyl adjacent to an activating group) is 1. The first-order valence-corrected chi connectivity index (χ1v) is 7.08. The van der Waals surface area contributed by atoms with Gasteiger partial charge in [0, 0.05) is 31.2 Å². The fraction of sp³-hybridized carbons (Fsp3) is 0.600. The molecule has 2 N–H and O–H groups in total. The van der Waals surface area contributed by atoms with E-state index in [9.17, 15) is 4.79 Å². The number of amides is 1. The highest BCUT2D eigenvalue weighted by molar-refractivity contribution is 5.78. The van der Waals surface area contributed by atoms with Crippen LogP contribution in [0.3, 0.4) is 0 Å². The van der Waals surface area contributed by atoms with E-state index >= 15 is 0 Å². The van der Waals surface area contributed by atoms with Gasteiger partial charge in [-0.2, -0.15) is 0 Å². The zero-order valence-electron chi connectivity index (χ0n) is 12.4. The number of nitrogens with two attached hydrogens (primary N) is 1. The van der Waals surface area contributed by atoms with Gasteiger partial charge in [-0.3, -0.25) is 9.78 Å². The van der Waals surface area contributed by atoms with Crippen molar-refractivity contribution in [3.8, 4) is 5.75 Å². The lowest BCUT2D eigenvalue weighted by Gasteiger charge is -2.18. The summed E-state index contributed by atoms with van der Waals surface area (Å²) in [5.74, 6) is 0.672. The van der Waals surface area contributed by atoms with Gasteiger partial charge < -0.3 is 15.4 Å². The average Bonchev–Trinajstić information content (AvgIpc) is 3.20. The van der Waals surface area contributed by atoms with Gasteiger partial charge in [-0.25, -0.2) is 0 Å². The molecular weight excluding hydrogens is 254 g/mol. The number of pyridine rings is 1. The monoisotopic (exact) mass is 277 g/mol. The minimum absolute atomic E-state index is 0.0106.